The van der Waals surface area contributed by atoms with E-state index in [-0.39, 0.29) is 29.4 Å². The van der Waals surface area contributed by atoms with Crippen molar-refractivity contribution in [3.05, 3.63) is 75.6 Å². The largest absolute Gasteiger partial charge is 0.457 e. The van der Waals surface area contributed by atoms with Crippen molar-refractivity contribution in [1.82, 2.24) is 9.78 Å². The van der Waals surface area contributed by atoms with E-state index in [4.69, 9.17) is 4.74 Å². The molecule has 1 aromatic heterocycles. The van der Waals surface area contributed by atoms with Crippen LogP contribution in [0.25, 0.3) is 0 Å². The van der Waals surface area contributed by atoms with Gasteiger partial charge in [-0.2, -0.15) is 18.3 Å². The van der Waals surface area contributed by atoms with Crippen molar-refractivity contribution in [2.45, 2.75) is 33.5 Å². The predicted octanol–water partition coefficient (Wildman–Crippen LogP) is 5.49. The lowest BCUT2D eigenvalue weighted by molar-refractivity contribution is -0.384. The van der Waals surface area contributed by atoms with Gasteiger partial charge in [0.15, 0.2) is 5.69 Å². The molecular formula is C22H21F3N4O4. The number of benzene rings is 2. The zero-order valence-corrected chi connectivity index (χ0v) is 18.0. The number of non-ortho nitro benzene ring substituents is 1. The van der Waals surface area contributed by atoms with Crippen molar-refractivity contribution in [3.63, 3.8) is 0 Å². The number of aromatic nitrogens is 2. The minimum Gasteiger partial charge on any atom is -0.457 e. The second kappa shape index (κ2) is 9.31. The first-order chi connectivity index (χ1) is 15.4. The molecule has 0 saturated heterocycles. The lowest BCUT2D eigenvalue weighted by Crippen LogP contribution is -2.25. The summed E-state index contributed by atoms with van der Waals surface area (Å²) in [6.45, 7) is 4.70. The number of nitro benzene ring substituents is 1. The van der Waals surface area contributed by atoms with Gasteiger partial charge in [0.25, 0.3) is 5.69 Å². The predicted molar refractivity (Wildman–Crippen MR) is 114 cm³/mol. The molecule has 0 aliphatic rings. The maximum Gasteiger partial charge on any atom is 0.435 e. The first kappa shape index (κ1) is 23.8. The van der Waals surface area contributed by atoms with Gasteiger partial charge in [-0.25, -0.2) is 0 Å². The number of carbonyl (C=O) groups is 1. The molecule has 1 atom stereocenters. The van der Waals surface area contributed by atoms with E-state index < -0.39 is 28.6 Å². The van der Waals surface area contributed by atoms with E-state index in [0.717, 1.165) is 16.3 Å². The third-order valence-corrected chi connectivity index (χ3v) is 4.86. The fourth-order valence-electron chi connectivity index (χ4n) is 3.06. The molecule has 3 rings (SSSR count). The van der Waals surface area contributed by atoms with Gasteiger partial charge >= 0.3 is 6.18 Å². The van der Waals surface area contributed by atoms with Gasteiger partial charge in [-0.3, -0.25) is 19.6 Å². The molecule has 0 radical (unpaired) electrons. The molecule has 0 fully saturated rings. The summed E-state index contributed by atoms with van der Waals surface area (Å²) in [6.07, 6.45) is -4.59. The van der Waals surface area contributed by atoms with Crippen LogP contribution in [0.4, 0.5) is 24.5 Å². The summed E-state index contributed by atoms with van der Waals surface area (Å²) in [7, 11) is 0. The van der Waals surface area contributed by atoms with Crippen LogP contribution in [0.1, 0.15) is 23.9 Å². The summed E-state index contributed by atoms with van der Waals surface area (Å²) in [5, 5.41) is 17.4. The zero-order chi connectivity index (χ0) is 24.3. The Labute approximate surface area is 187 Å². The topological polar surface area (TPSA) is 99.3 Å². The molecule has 174 valence electrons. The molecular weight excluding hydrogens is 441 g/mol. The number of alkyl halides is 3. The number of amides is 1. The molecule has 0 spiro atoms. The van der Waals surface area contributed by atoms with Crippen molar-refractivity contribution in [2.24, 2.45) is 5.92 Å². The van der Waals surface area contributed by atoms with Gasteiger partial charge in [0.1, 0.15) is 11.5 Å². The Kier molecular flexibility index (Phi) is 6.70. The van der Waals surface area contributed by atoms with Gasteiger partial charge in [0, 0.05) is 17.8 Å². The maximum absolute atomic E-state index is 12.9. The van der Waals surface area contributed by atoms with Crippen LogP contribution >= 0.6 is 0 Å². The van der Waals surface area contributed by atoms with E-state index in [1.807, 2.05) is 19.1 Å². The van der Waals surface area contributed by atoms with E-state index in [2.05, 4.69) is 10.4 Å². The number of anilines is 1. The minimum atomic E-state index is -4.59. The van der Waals surface area contributed by atoms with Crippen LogP contribution in [0.5, 0.6) is 11.5 Å². The summed E-state index contributed by atoms with van der Waals surface area (Å²) in [5.41, 5.74) is -0.133. The highest BCUT2D eigenvalue weighted by molar-refractivity contribution is 5.92. The van der Waals surface area contributed by atoms with Crippen molar-refractivity contribution in [1.29, 1.82) is 0 Å². The van der Waals surface area contributed by atoms with Crippen molar-refractivity contribution in [2.75, 3.05) is 5.32 Å². The molecule has 8 nitrogen and oxygen atoms in total. The third kappa shape index (κ3) is 5.88. The second-order valence-electron chi connectivity index (χ2n) is 7.58. The minimum absolute atomic E-state index is 0.102. The van der Waals surface area contributed by atoms with Gasteiger partial charge in [0.2, 0.25) is 5.91 Å². The summed E-state index contributed by atoms with van der Waals surface area (Å²) < 4.78 is 45.5. The van der Waals surface area contributed by atoms with Crippen LogP contribution in [-0.2, 0) is 17.5 Å². The van der Waals surface area contributed by atoms with Crippen LogP contribution < -0.4 is 10.1 Å². The highest BCUT2D eigenvalue weighted by Crippen LogP contribution is 2.32. The number of nitrogens with one attached hydrogen (secondary N) is 1. The SMILES string of the molecule is Cc1ccccc1Oc1cc(NC(=O)C(C)Cn2nc(C(F)(F)F)cc2C)cc([N+](=O)[O-])c1. The summed E-state index contributed by atoms with van der Waals surface area (Å²) in [4.78, 5) is 23.4. The Morgan fingerprint density at radius 2 is 1.91 bits per heavy atom. The number of hydrogen-bond acceptors (Lipinski definition) is 5. The van der Waals surface area contributed by atoms with Gasteiger partial charge in [-0.1, -0.05) is 25.1 Å². The van der Waals surface area contributed by atoms with Gasteiger partial charge in [-0.05, 0) is 31.5 Å². The molecule has 1 heterocycles. The van der Waals surface area contributed by atoms with Gasteiger partial charge in [0.05, 0.1) is 29.1 Å². The number of rotatable bonds is 7. The van der Waals surface area contributed by atoms with Crippen molar-refractivity contribution in [3.8, 4) is 11.5 Å². The number of nitrogens with zero attached hydrogens (tertiary/aromatic N) is 3. The highest BCUT2D eigenvalue weighted by Gasteiger charge is 2.34. The Morgan fingerprint density at radius 1 is 1.21 bits per heavy atom. The quantitative estimate of drug-likeness (QED) is 0.370. The molecule has 0 bridgehead atoms. The van der Waals surface area contributed by atoms with Crippen LogP contribution in [-0.4, -0.2) is 20.6 Å². The summed E-state index contributed by atoms with van der Waals surface area (Å²) in [5.74, 6) is -0.664. The molecule has 11 heteroatoms. The average molecular weight is 462 g/mol. The van der Waals surface area contributed by atoms with E-state index in [1.54, 1.807) is 12.1 Å². The standard InChI is InChI=1S/C22H21F3N4O4/c1-13-6-4-5-7-19(13)33-18-10-16(9-17(11-18)29(31)32)26-21(30)14(2)12-28-15(3)8-20(27-28)22(23,24)25/h4-11,14H,12H2,1-3H3,(H,26,30). The van der Waals surface area contributed by atoms with Gasteiger partial charge < -0.3 is 10.1 Å². The summed E-state index contributed by atoms with van der Waals surface area (Å²) >= 11 is 0. The lowest BCUT2D eigenvalue weighted by atomic mass is 10.1. The number of hydrogen-bond donors (Lipinski definition) is 1. The Balaban J connectivity index is 1.78. The zero-order valence-electron chi connectivity index (χ0n) is 18.0. The number of carbonyl (C=O) groups excluding carboxylic acids is 1. The van der Waals surface area contributed by atoms with E-state index in [0.29, 0.717) is 5.75 Å². The number of ether oxygens (including phenoxy) is 1. The number of nitro groups is 1. The van der Waals surface area contributed by atoms with Crippen molar-refractivity contribution >= 4 is 17.3 Å². The lowest BCUT2D eigenvalue weighted by Gasteiger charge is -2.15. The Morgan fingerprint density at radius 3 is 2.52 bits per heavy atom. The molecule has 33 heavy (non-hydrogen) atoms. The summed E-state index contributed by atoms with van der Waals surface area (Å²) in [6, 6.07) is 11.8. The number of halogens is 3. The molecule has 1 unspecified atom stereocenters. The number of aryl methyl sites for hydroxylation is 2. The highest BCUT2D eigenvalue weighted by atomic mass is 19.4. The molecule has 0 saturated carbocycles. The number of para-hydroxylation sites is 1. The molecule has 0 aliphatic heterocycles. The third-order valence-electron chi connectivity index (χ3n) is 4.86. The van der Waals surface area contributed by atoms with Crippen molar-refractivity contribution < 1.29 is 27.6 Å². The second-order valence-corrected chi connectivity index (χ2v) is 7.58. The normalized spacial score (nSPS) is 12.3. The molecule has 0 aliphatic carbocycles. The molecule has 1 amide bonds. The maximum atomic E-state index is 12.9. The molecule has 1 N–H and O–H groups in total. The van der Waals surface area contributed by atoms with E-state index in [1.165, 1.54) is 32.0 Å². The first-order valence-corrected chi connectivity index (χ1v) is 9.89. The van der Waals surface area contributed by atoms with Gasteiger partial charge in [-0.15, -0.1) is 0 Å². The fourth-order valence-corrected chi connectivity index (χ4v) is 3.06. The van der Waals surface area contributed by atoms with E-state index in [9.17, 15) is 28.1 Å². The average Bonchev–Trinajstić information content (AvgIpc) is 3.10. The van der Waals surface area contributed by atoms with E-state index >= 15 is 0 Å². The van der Waals surface area contributed by atoms with Crippen LogP contribution in [0, 0.1) is 29.9 Å². The van der Waals surface area contributed by atoms with Crippen LogP contribution in [0.2, 0.25) is 0 Å². The molecule has 3 aromatic rings. The fraction of sp³-hybridized carbons (Fsp3) is 0.273. The smallest absolute Gasteiger partial charge is 0.435 e. The first-order valence-electron chi connectivity index (χ1n) is 9.89. The Bertz CT molecular complexity index is 1190. The molecule has 2 aromatic carbocycles. The van der Waals surface area contributed by atoms with Crippen LogP contribution in [0.3, 0.4) is 0 Å². The van der Waals surface area contributed by atoms with Crippen LogP contribution in [0.15, 0.2) is 48.5 Å². The monoisotopic (exact) mass is 462 g/mol. The Hall–Kier alpha value is -3.89.